The lowest BCUT2D eigenvalue weighted by Gasteiger charge is -2.28. The molecule has 2 unspecified atom stereocenters. The molecule has 200 valence electrons. The minimum Gasteiger partial charge on any atom is -0.375 e. The lowest BCUT2D eigenvalue weighted by atomic mass is 9.96. The van der Waals surface area contributed by atoms with Crippen LogP contribution in [-0.2, 0) is 9.53 Å². The third-order valence-electron chi connectivity index (χ3n) is 6.73. The standard InChI is InChI=1S/C29H27Cl2N5O2S/c1-17-13-22(18(2)35(17)20-8-6-7-19(30)14-20)28-27(25-9-4-5-12-32-25)34-29(39)36(28)21-10-11-24(23(31)15-21)33-26(37)16-38-3/h4-15,27-28H,16H2,1-3H3,(H,33,37)(H,34,39). The van der Waals surface area contributed by atoms with Crippen LogP contribution in [0.4, 0.5) is 11.4 Å². The second-order valence-corrected chi connectivity index (χ2v) is 10.5. The van der Waals surface area contributed by atoms with Crippen molar-refractivity contribution in [2.75, 3.05) is 23.9 Å². The fourth-order valence-electron chi connectivity index (χ4n) is 5.12. The van der Waals surface area contributed by atoms with Crippen molar-refractivity contribution in [2.24, 2.45) is 0 Å². The van der Waals surface area contributed by atoms with E-state index >= 15 is 0 Å². The summed E-state index contributed by atoms with van der Waals surface area (Å²) in [5.41, 5.74) is 6.36. The van der Waals surface area contributed by atoms with Crippen molar-refractivity contribution in [2.45, 2.75) is 25.9 Å². The van der Waals surface area contributed by atoms with Crippen LogP contribution in [0.2, 0.25) is 10.0 Å². The van der Waals surface area contributed by atoms with Gasteiger partial charge in [0.25, 0.3) is 0 Å². The summed E-state index contributed by atoms with van der Waals surface area (Å²) in [6.07, 6.45) is 1.78. The first-order valence-electron chi connectivity index (χ1n) is 12.3. The molecule has 10 heteroatoms. The number of aryl methyl sites for hydroxylation is 1. The quantitative estimate of drug-likeness (QED) is 0.242. The SMILES string of the molecule is COCC(=O)Nc1ccc(N2C(=S)NC(c3ccccn3)C2c2cc(C)n(-c3cccc(Cl)c3)c2C)cc1Cl. The zero-order valence-corrected chi connectivity index (χ0v) is 23.9. The van der Waals surface area contributed by atoms with Gasteiger partial charge in [-0.1, -0.05) is 35.3 Å². The first-order valence-corrected chi connectivity index (χ1v) is 13.5. The van der Waals surface area contributed by atoms with Crippen LogP contribution in [0.25, 0.3) is 5.69 Å². The normalized spacial score (nSPS) is 16.8. The van der Waals surface area contributed by atoms with Gasteiger partial charge in [0.15, 0.2) is 5.11 Å². The maximum absolute atomic E-state index is 12.1. The molecular weight excluding hydrogens is 553 g/mol. The molecule has 5 rings (SSSR count). The number of carbonyl (C=O) groups is 1. The summed E-state index contributed by atoms with van der Waals surface area (Å²) in [6.45, 7) is 4.11. The molecular formula is C29H27Cl2N5O2S. The molecule has 1 fully saturated rings. The first kappa shape index (κ1) is 27.1. The lowest BCUT2D eigenvalue weighted by molar-refractivity contribution is -0.119. The fraction of sp³-hybridized carbons (Fsp3) is 0.207. The van der Waals surface area contributed by atoms with Gasteiger partial charge in [-0.2, -0.15) is 0 Å². The Hall–Kier alpha value is -3.43. The second-order valence-electron chi connectivity index (χ2n) is 9.28. The monoisotopic (exact) mass is 579 g/mol. The molecule has 0 aliphatic carbocycles. The van der Waals surface area contributed by atoms with Crippen molar-refractivity contribution < 1.29 is 9.53 Å². The summed E-state index contributed by atoms with van der Waals surface area (Å²) in [5, 5.41) is 7.88. The molecule has 1 amide bonds. The Morgan fingerprint density at radius 1 is 1.08 bits per heavy atom. The molecule has 1 saturated heterocycles. The molecule has 1 aliphatic rings. The Balaban J connectivity index is 1.61. The van der Waals surface area contributed by atoms with E-state index in [0.717, 1.165) is 34.0 Å². The zero-order chi connectivity index (χ0) is 27.7. The summed E-state index contributed by atoms with van der Waals surface area (Å²) < 4.78 is 7.10. The van der Waals surface area contributed by atoms with Crippen molar-refractivity contribution in [1.82, 2.24) is 14.9 Å². The van der Waals surface area contributed by atoms with Crippen LogP contribution in [0.5, 0.6) is 0 Å². The Kier molecular flexibility index (Phi) is 7.91. The molecule has 3 heterocycles. The van der Waals surface area contributed by atoms with Crippen LogP contribution in [0.1, 0.15) is 34.7 Å². The Bertz CT molecular complexity index is 1540. The summed E-state index contributed by atoms with van der Waals surface area (Å²) in [4.78, 5) is 18.8. The zero-order valence-electron chi connectivity index (χ0n) is 21.6. The third kappa shape index (κ3) is 5.38. The van der Waals surface area contributed by atoms with E-state index in [1.807, 2.05) is 54.6 Å². The number of carbonyl (C=O) groups excluding carboxylic acids is 1. The third-order valence-corrected chi connectivity index (χ3v) is 7.60. The molecule has 39 heavy (non-hydrogen) atoms. The minimum atomic E-state index is -0.285. The average molecular weight is 581 g/mol. The van der Waals surface area contributed by atoms with Crippen LogP contribution >= 0.6 is 35.4 Å². The number of pyridine rings is 1. The molecule has 0 bridgehead atoms. The van der Waals surface area contributed by atoms with Gasteiger partial charge in [0.2, 0.25) is 5.91 Å². The van der Waals surface area contributed by atoms with Crippen molar-refractivity contribution in [3.63, 3.8) is 0 Å². The topological polar surface area (TPSA) is 71.4 Å². The number of thiocarbonyl (C=S) groups is 1. The molecule has 2 aromatic carbocycles. The average Bonchev–Trinajstić information content (AvgIpc) is 3.40. The van der Waals surface area contributed by atoms with Crippen LogP contribution in [0.3, 0.4) is 0 Å². The number of amides is 1. The van der Waals surface area contributed by atoms with Gasteiger partial charge >= 0.3 is 0 Å². The smallest absolute Gasteiger partial charge is 0.250 e. The largest absolute Gasteiger partial charge is 0.375 e. The van der Waals surface area contributed by atoms with E-state index in [4.69, 9.17) is 40.2 Å². The highest BCUT2D eigenvalue weighted by molar-refractivity contribution is 7.80. The maximum atomic E-state index is 12.1. The number of aromatic nitrogens is 2. The van der Waals surface area contributed by atoms with Crippen LogP contribution in [0.15, 0.2) is 72.9 Å². The number of nitrogens with one attached hydrogen (secondary N) is 2. The second kappa shape index (κ2) is 11.4. The van der Waals surface area contributed by atoms with E-state index < -0.39 is 0 Å². The Labute approximate surface area is 242 Å². The number of ether oxygens (including phenoxy) is 1. The summed E-state index contributed by atoms with van der Waals surface area (Å²) >= 11 is 18.8. The number of anilines is 2. The Morgan fingerprint density at radius 2 is 1.90 bits per heavy atom. The number of rotatable bonds is 7. The number of hydrogen-bond acceptors (Lipinski definition) is 4. The molecule has 0 saturated carbocycles. The van der Waals surface area contributed by atoms with Gasteiger partial charge in [0.1, 0.15) is 6.61 Å². The van der Waals surface area contributed by atoms with Crippen molar-refractivity contribution in [1.29, 1.82) is 0 Å². The molecule has 2 N–H and O–H groups in total. The van der Waals surface area contributed by atoms with Crippen LogP contribution in [-0.4, -0.2) is 34.3 Å². The lowest BCUT2D eigenvalue weighted by Crippen LogP contribution is -2.29. The Morgan fingerprint density at radius 3 is 2.59 bits per heavy atom. The van der Waals surface area contributed by atoms with Crippen LogP contribution < -0.4 is 15.5 Å². The number of methoxy groups -OCH3 is 1. The van der Waals surface area contributed by atoms with E-state index in [1.165, 1.54) is 7.11 Å². The first-order chi connectivity index (χ1) is 18.8. The highest BCUT2D eigenvalue weighted by Gasteiger charge is 2.42. The van der Waals surface area contributed by atoms with E-state index in [2.05, 4.69) is 45.0 Å². The predicted molar refractivity (Wildman–Crippen MR) is 160 cm³/mol. The highest BCUT2D eigenvalue weighted by Crippen LogP contribution is 2.44. The van der Waals surface area contributed by atoms with Gasteiger partial charge in [0, 0.05) is 41.1 Å². The van der Waals surface area contributed by atoms with Gasteiger partial charge in [-0.15, -0.1) is 0 Å². The fourth-order valence-corrected chi connectivity index (χ4v) is 5.87. The van der Waals surface area contributed by atoms with E-state index in [9.17, 15) is 4.79 Å². The van der Waals surface area contributed by atoms with Gasteiger partial charge < -0.3 is 24.8 Å². The molecule has 0 spiro atoms. The van der Waals surface area contributed by atoms with Crippen molar-refractivity contribution >= 4 is 57.8 Å². The molecule has 2 atom stereocenters. The molecule has 7 nitrogen and oxygen atoms in total. The molecule has 0 radical (unpaired) electrons. The van der Waals surface area contributed by atoms with Gasteiger partial charge in [-0.3, -0.25) is 9.78 Å². The summed E-state index contributed by atoms with van der Waals surface area (Å²) in [7, 11) is 1.47. The maximum Gasteiger partial charge on any atom is 0.250 e. The number of halogens is 2. The summed E-state index contributed by atoms with van der Waals surface area (Å²) in [6, 6.07) is 20.9. The van der Waals surface area contributed by atoms with E-state index in [0.29, 0.717) is 20.8 Å². The minimum absolute atomic E-state index is 0.0612. The number of benzene rings is 2. The van der Waals surface area contributed by atoms with Crippen molar-refractivity contribution in [3.8, 4) is 5.69 Å². The van der Waals surface area contributed by atoms with Gasteiger partial charge in [-0.25, -0.2) is 0 Å². The molecule has 2 aromatic heterocycles. The van der Waals surface area contributed by atoms with Gasteiger partial charge in [-0.05, 0) is 86.2 Å². The van der Waals surface area contributed by atoms with Gasteiger partial charge in [0.05, 0.1) is 28.5 Å². The summed E-state index contributed by atoms with van der Waals surface area (Å²) in [5.74, 6) is -0.285. The van der Waals surface area contributed by atoms with E-state index in [-0.39, 0.29) is 24.6 Å². The van der Waals surface area contributed by atoms with Crippen molar-refractivity contribution in [3.05, 3.63) is 106 Å². The number of hydrogen-bond donors (Lipinski definition) is 2. The van der Waals surface area contributed by atoms with E-state index in [1.54, 1.807) is 12.3 Å². The molecule has 1 aliphatic heterocycles. The highest BCUT2D eigenvalue weighted by atomic mass is 35.5. The number of nitrogens with zero attached hydrogens (tertiary/aromatic N) is 3. The predicted octanol–water partition coefficient (Wildman–Crippen LogP) is 6.56. The van der Waals surface area contributed by atoms with Crippen LogP contribution in [0, 0.1) is 13.8 Å². The molecule has 4 aromatic rings.